The number of benzene rings is 3. The van der Waals surface area contributed by atoms with E-state index in [0.717, 1.165) is 80.8 Å². The Bertz CT molecular complexity index is 2230. The van der Waals surface area contributed by atoms with Gasteiger partial charge in [0, 0.05) is 38.2 Å². The molecule has 0 heterocycles. The molecule has 5 rings (SSSR count). The van der Waals surface area contributed by atoms with Gasteiger partial charge in [0.25, 0.3) is 0 Å². The average Bonchev–Trinajstić information content (AvgIpc) is 3.39. The van der Waals surface area contributed by atoms with Gasteiger partial charge in [-0.05, 0) is 163 Å². The maximum atomic E-state index is 13.2. The molecule has 0 aliphatic heterocycles. The zero-order chi connectivity index (χ0) is 52.8. The fourth-order valence-corrected chi connectivity index (χ4v) is 8.15. The van der Waals surface area contributed by atoms with Crippen LogP contribution < -0.4 is 18.9 Å². The van der Waals surface area contributed by atoms with Gasteiger partial charge in [0.1, 0.15) is 35.2 Å². The second kappa shape index (κ2) is 33.2. The Balaban J connectivity index is 0.00000153. The van der Waals surface area contributed by atoms with E-state index in [-0.39, 0.29) is 59.8 Å². The van der Waals surface area contributed by atoms with Gasteiger partial charge in [-0.2, -0.15) is 0 Å². The highest BCUT2D eigenvalue weighted by molar-refractivity contribution is 5.98. The smallest absolute Gasteiger partial charge is 0.335 e. The third kappa shape index (κ3) is 22.8. The van der Waals surface area contributed by atoms with Crippen LogP contribution >= 0.6 is 0 Å². The third-order valence-corrected chi connectivity index (χ3v) is 12.3. The van der Waals surface area contributed by atoms with E-state index in [2.05, 4.69) is 27.0 Å². The summed E-state index contributed by atoms with van der Waals surface area (Å²) in [6, 6.07) is 18.8. The molecule has 15 heteroatoms. The normalized spacial score (nSPS) is 17.0. The van der Waals surface area contributed by atoms with Crippen LogP contribution in [0.5, 0.6) is 23.0 Å². The van der Waals surface area contributed by atoms with Crippen LogP contribution in [0.3, 0.4) is 0 Å². The highest BCUT2D eigenvalue weighted by atomic mass is 16.6. The molecule has 2 aliphatic carbocycles. The van der Waals surface area contributed by atoms with Crippen molar-refractivity contribution in [2.24, 2.45) is 11.8 Å². The quantitative estimate of drug-likeness (QED) is 0.0166. The molecule has 0 radical (unpaired) electrons. The van der Waals surface area contributed by atoms with E-state index in [1.165, 1.54) is 25.1 Å². The first kappa shape index (κ1) is 59.0. The second-order valence-corrected chi connectivity index (χ2v) is 18.1. The van der Waals surface area contributed by atoms with Gasteiger partial charge >= 0.3 is 35.8 Å². The van der Waals surface area contributed by atoms with Crippen LogP contribution in [0.15, 0.2) is 92.0 Å². The van der Waals surface area contributed by atoms with Crippen molar-refractivity contribution in [3.8, 4) is 23.0 Å². The summed E-state index contributed by atoms with van der Waals surface area (Å²) in [4.78, 5) is 86.6. The number of rotatable bonds is 28. The van der Waals surface area contributed by atoms with Crippen LogP contribution in [-0.4, -0.2) is 80.2 Å². The SMILES string of the molecule is C=CC(=O)OCCCCCCOc1ccc(CCC(=O)OC2CCC(C(=O)Oc3ccc(OC(=O)C4CCC(OC(=O)CCc5ccc(OC(=O)C=C)cc5)CC4)cc3C(C)=O)CC2)cc1.CCCOCCC. The van der Waals surface area contributed by atoms with Crippen molar-refractivity contribution in [2.45, 2.75) is 149 Å². The lowest BCUT2D eigenvalue weighted by Crippen LogP contribution is -2.30. The monoisotopic (exact) mass is 1010 g/mol. The molecule has 0 spiro atoms. The van der Waals surface area contributed by atoms with Crippen molar-refractivity contribution < 1.29 is 71.5 Å². The fourth-order valence-electron chi connectivity index (χ4n) is 8.15. The Morgan fingerprint density at radius 1 is 0.534 bits per heavy atom. The summed E-state index contributed by atoms with van der Waals surface area (Å²) < 4.78 is 43.7. The van der Waals surface area contributed by atoms with Gasteiger partial charge in [0.15, 0.2) is 5.78 Å². The Morgan fingerprint density at radius 3 is 1.51 bits per heavy atom. The molecule has 15 nitrogen and oxygen atoms in total. The molecule has 0 bridgehead atoms. The van der Waals surface area contributed by atoms with Gasteiger partial charge in [-0.3, -0.25) is 24.0 Å². The molecule has 0 atom stereocenters. The van der Waals surface area contributed by atoms with Gasteiger partial charge < -0.3 is 37.9 Å². The lowest BCUT2D eigenvalue weighted by Gasteiger charge is -2.27. The van der Waals surface area contributed by atoms with E-state index in [9.17, 15) is 33.6 Å². The Hall–Kier alpha value is -6.61. The van der Waals surface area contributed by atoms with Crippen LogP contribution in [0.2, 0.25) is 0 Å². The maximum absolute atomic E-state index is 13.2. The number of carbonyl (C=O) groups is 7. The van der Waals surface area contributed by atoms with Crippen LogP contribution in [0, 0.1) is 11.8 Å². The molecule has 0 aromatic heterocycles. The molecule has 0 unspecified atom stereocenters. The van der Waals surface area contributed by atoms with Crippen molar-refractivity contribution in [1.82, 2.24) is 0 Å². The number of hydrogen-bond acceptors (Lipinski definition) is 15. The third-order valence-electron chi connectivity index (χ3n) is 12.3. The molecule has 0 N–H and O–H groups in total. The molecule has 2 fully saturated rings. The van der Waals surface area contributed by atoms with Gasteiger partial charge in [0.2, 0.25) is 0 Å². The lowest BCUT2D eigenvalue weighted by atomic mass is 9.87. The number of hydrogen-bond donors (Lipinski definition) is 0. The van der Waals surface area contributed by atoms with Crippen LogP contribution in [-0.2, 0) is 60.6 Å². The summed E-state index contributed by atoms with van der Waals surface area (Å²) in [5, 5.41) is 0. The lowest BCUT2D eigenvalue weighted by molar-refractivity contribution is -0.153. The number of Topliss-reactive ketones (excluding diaryl/α,β-unsaturated/α-hetero) is 1. The molecule has 3 aromatic rings. The Kier molecular flexibility index (Phi) is 26.8. The van der Waals surface area contributed by atoms with Crippen molar-refractivity contribution in [3.63, 3.8) is 0 Å². The first-order valence-electron chi connectivity index (χ1n) is 25.8. The topological polar surface area (TPSA) is 193 Å². The van der Waals surface area contributed by atoms with Gasteiger partial charge in [-0.15, -0.1) is 0 Å². The van der Waals surface area contributed by atoms with Gasteiger partial charge in [-0.25, -0.2) is 9.59 Å². The molecule has 0 saturated heterocycles. The Morgan fingerprint density at radius 2 is 1.01 bits per heavy atom. The predicted octanol–water partition coefficient (Wildman–Crippen LogP) is 10.8. The summed E-state index contributed by atoms with van der Waals surface area (Å²) in [7, 11) is 0. The molecule has 2 aliphatic rings. The minimum atomic E-state index is -0.553. The molecule has 3 aromatic carbocycles. The molecular formula is C58H74O15. The molecule has 396 valence electrons. The van der Waals surface area contributed by atoms with Crippen molar-refractivity contribution in [3.05, 3.63) is 109 Å². The summed E-state index contributed by atoms with van der Waals surface area (Å²) >= 11 is 0. The maximum Gasteiger partial charge on any atom is 0.335 e. The average molecular weight is 1010 g/mol. The van der Waals surface area contributed by atoms with E-state index in [1.54, 1.807) is 24.3 Å². The highest BCUT2D eigenvalue weighted by Gasteiger charge is 2.32. The molecule has 0 amide bonds. The minimum Gasteiger partial charge on any atom is -0.494 e. The molecular weight excluding hydrogens is 937 g/mol. The summed E-state index contributed by atoms with van der Waals surface area (Å²) in [5.41, 5.74) is 1.98. The number of ether oxygens (including phenoxy) is 8. The number of esters is 6. The van der Waals surface area contributed by atoms with Crippen LogP contribution in [0.1, 0.15) is 145 Å². The van der Waals surface area contributed by atoms with Crippen LogP contribution in [0.25, 0.3) is 0 Å². The van der Waals surface area contributed by atoms with E-state index < -0.39 is 35.7 Å². The molecule has 73 heavy (non-hydrogen) atoms. The number of ketones is 1. The van der Waals surface area contributed by atoms with E-state index >= 15 is 0 Å². The zero-order valence-electron chi connectivity index (χ0n) is 42.9. The first-order valence-corrected chi connectivity index (χ1v) is 25.8. The largest absolute Gasteiger partial charge is 0.494 e. The van der Waals surface area contributed by atoms with Crippen molar-refractivity contribution in [2.75, 3.05) is 26.4 Å². The minimum absolute atomic E-state index is 0.0752. The Labute approximate surface area is 430 Å². The zero-order valence-corrected chi connectivity index (χ0v) is 42.9. The molecule has 2 saturated carbocycles. The predicted molar refractivity (Wildman–Crippen MR) is 273 cm³/mol. The highest BCUT2D eigenvalue weighted by Crippen LogP contribution is 2.33. The standard InChI is InChI=1S/C52H60O14.C6H14O/c1-4-47(54)61-33-9-7-6-8-32-60-40-20-10-36(11-21-40)14-30-49(56)64-43-26-18-39(19-27-43)52(59)66-46-29-28-44(34-45(46)35(3)53)65-51(58)38-16-24-42(25-17-38)63-50(57)31-15-37-12-22-41(23-13-37)62-48(55)5-2;1-3-5-7-6-4-2/h4-5,10-13,20-23,28-29,34,38-39,42-43H,1-2,6-9,14-19,24-27,30-33H2,3H3;3-6H2,1-2H3. The van der Waals surface area contributed by atoms with Crippen LogP contribution in [0.4, 0.5) is 0 Å². The van der Waals surface area contributed by atoms with Gasteiger partial charge in [0.05, 0.1) is 30.6 Å². The number of unbranched alkanes of at least 4 members (excludes halogenated alkanes) is 3. The van der Waals surface area contributed by atoms with E-state index in [1.807, 2.05) is 24.3 Å². The fraction of sp³-hybridized carbons (Fsp3) is 0.500. The van der Waals surface area contributed by atoms with Crippen molar-refractivity contribution >= 4 is 41.6 Å². The van der Waals surface area contributed by atoms with Crippen molar-refractivity contribution in [1.29, 1.82) is 0 Å². The first-order chi connectivity index (χ1) is 35.3. The second-order valence-electron chi connectivity index (χ2n) is 18.1. The summed E-state index contributed by atoms with van der Waals surface area (Å²) in [6.07, 6.45) is 12.7. The van der Waals surface area contributed by atoms with Gasteiger partial charge in [-0.1, -0.05) is 51.3 Å². The summed E-state index contributed by atoms with van der Waals surface area (Å²) in [6.45, 7) is 15.1. The number of carbonyl (C=O) groups excluding carboxylic acids is 7. The van der Waals surface area contributed by atoms with E-state index in [4.69, 9.17) is 37.9 Å². The summed E-state index contributed by atoms with van der Waals surface area (Å²) in [5.74, 6) is -2.38. The van der Waals surface area contributed by atoms with E-state index in [0.29, 0.717) is 83.2 Å². The number of aryl methyl sites for hydroxylation is 2.